The summed E-state index contributed by atoms with van der Waals surface area (Å²) in [5, 5.41) is 0. The van der Waals surface area contributed by atoms with Crippen LogP contribution < -0.4 is 4.90 Å². The van der Waals surface area contributed by atoms with Crippen molar-refractivity contribution in [3.63, 3.8) is 0 Å². The predicted octanol–water partition coefficient (Wildman–Crippen LogP) is 2.67. The van der Waals surface area contributed by atoms with Crippen molar-refractivity contribution in [2.45, 2.75) is 44.6 Å². The van der Waals surface area contributed by atoms with Crippen LogP contribution in [0.4, 0.5) is 5.82 Å². The van der Waals surface area contributed by atoms with Gasteiger partial charge in [0.2, 0.25) is 0 Å². The molecule has 3 heterocycles. The molecule has 1 aromatic heterocycles. The molecule has 23 heavy (non-hydrogen) atoms. The van der Waals surface area contributed by atoms with Crippen LogP contribution in [-0.2, 0) is 9.47 Å². The molecule has 1 saturated carbocycles. The number of ether oxygens (including phenoxy) is 2. The van der Waals surface area contributed by atoms with Gasteiger partial charge in [0.25, 0.3) is 0 Å². The Morgan fingerprint density at radius 3 is 3.04 bits per heavy atom. The van der Waals surface area contributed by atoms with Gasteiger partial charge in [-0.2, -0.15) is 0 Å². The second-order valence-electron chi connectivity index (χ2n) is 7.42. The fraction of sp³-hybridized carbons (Fsp3) is 0.778. The first kappa shape index (κ1) is 15.3. The van der Waals surface area contributed by atoms with E-state index in [0.717, 1.165) is 57.5 Å². The molecule has 126 valence electrons. The number of nitrogens with zero attached hydrogens (tertiary/aromatic N) is 3. The summed E-state index contributed by atoms with van der Waals surface area (Å²) < 4.78 is 12.3. The third kappa shape index (κ3) is 3.22. The van der Waals surface area contributed by atoms with Gasteiger partial charge in [-0.25, -0.2) is 9.97 Å². The van der Waals surface area contributed by atoms with Crippen LogP contribution in [0.1, 0.15) is 38.5 Å². The van der Waals surface area contributed by atoms with Crippen LogP contribution in [-0.4, -0.2) is 49.0 Å². The predicted molar refractivity (Wildman–Crippen MR) is 88.4 cm³/mol. The van der Waals surface area contributed by atoms with Crippen molar-refractivity contribution in [3.8, 4) is 0 Å². The zero-order chi connectivity index (χ0) is 15.5. The fourth-order valence-electron chi connectivity index (χ4n) is 4.26. The third-order valence-electron chi connectivity index (χ3n) is 5.85. The van der Waals surface area contributed by atoms with Gasteiger partial charge in [-0.3, -0.25) is 0 Å². The van der Waals surface area contributed by atoms with Gasteiger partial charge in [0.1, 0.15) is 12.1 Å². The van der Waals surface area contributed by atoms with Crippen LogP contribution in [0.5, 0.6) is 0 Å². The van der Waals surface area contributed by atoms with Gasteiger partial charge in [0.15, 0.2) is 0 Å². The highest BCUT2D eigenvalue weighted by atomic mass is 16.5. The lowest BCUT2D eigenvalue weighted by Crippen LogP contribution is -2.57. The molecule has 2 aliphatic heterocycles. The molecule has 1 aromatic rings. The van der Waals surface area contributed by atoms with Crippen LogP contribution in [0.2, 0.25) is 0 Å². The van der Waals surface area contributed by atoms with Crippen LogP contribution in [0.25, 0.3) is 0 Å². The Bertz CT molecular complexity index is 508. The molecule has 0 spiro atoms. The first-order valence-corrected chi connectivity index (χ1v) is 9.06. The molecule has 5 heteroatoms. The van der Waals surface area contributed by atoms with Crippen molar-refractivity contribution in [1.82, 2.24) is 9.97 Å². The molecule has 0 N–H and O–H groups in total. The van der Waals surface area contributed by atoms with Crippen molar-refractivity contribution in [1.29, 1.82) is 0 Å². The summed E-state index contributed by atoms with van der Waals surface area (Å²) in [5.74, 6) is 1.83. The maximum Gasteiger partial charge on any atom is 0.131 e. The smallest absolute Gasteiger partial charge is 0.131 e. The van der Waals surface area contributed by atoms with E-state index in [0.29, 0.717) is 6.10 Å². The molecular weight excluding hydrogens is 290 g/mol. The molecule has 1 aliphatic carbocycles. The maximum atomic E-state index is 6.18. The normalized spacial score (nSPS) is 31.5. The van der Waals surface area contributed by atoms with Gasteiger partial charge in [0.05, 0.1) is 12.7 Å². The first-order chi connectivity index (χ1) is 11.4. The molecule has 5 nitrogen and oxygen atoms in total. The Morgan fingerprint density at radius 2 is 2.26 bits per heavy atom. The maximum absolute atomic E-state index is 6.18. The van der Waals surface area contributed by atoms with Gasteiger partial charge in [-0.1, -0.05) is 6.42 Å². The van der Waals surface area contributed by atoms with Gasteiger partial charge in [-0.15, -0.1) is 0 Å². The fourth-order valence-corrected chi connectivity index (χ4v) is 4.26. The minimum atomic E-state index is 0.130. The lowest BCUT2D eigenvalue weighted by Gasteiger charge is -2.50. The molecular formula is C18H27N3O2. The standard InChI is InChI=1S/C18H27N3O2/c1-3-15(4-1)11-22-13-18-7-2-10-23-16(18)6-9-21(12-18)17-5-8-19-14-20-17/h5,8,14-16H,1-4,6-7,9-13H2/t16-,18-/m0/s1. The molecule has 0 radical (unpaired) electrons. The van der Waals surface area contributed by atoms with Gasteiger partial charge >= 0.3 is 0 Å². The number of anilines is 1. The van der Waals surface area contributed by atoms with E-state index in [1.807, 2.05) is 12.3 Å². The molecule has 4 rings (SSSR count). The average molecular weight is 317 g/mol. The van der Waals surface area contributed by atoms with Crippen LogP contribution >= 0.6 is 0 Å². The Kier molecular flexibility index (Phi) is 4.49. The number of hydrogen-bond donors (Lipinski definition) is 0. The minimum absolute atomic E-state index is 0.130. The zero-order valence-corrected chi connectivity index (χ0v) is 13.8. The monoisotopic (exact) mass is 317 g/mol. The SMILES string of the molecule is c1cc(N2CC[C@@H]3OCCC[C@@]3(COCC3CCC3)C2)ncn1. The molecule has 2 atom stereocenters. The Labute approximate surface area is 138 Å². The lowest BCUT2D eigenvalue weighted by atomic mass is 9.73. The van der Waals surface area contributed by atoms with Gasteiger partial charge in [-0.05, 0) is 44.1 Å². The average Bonchev–Trinajstić information content (AvgIpc) is 2.57. The number of rotatable bonds is 5. The summed E-state index contributed by atoms with van der Waals surface area (Å²) in [6.07, 6.45) is 11.3. The Morgan fingerprint density at radius 1 is 1.30 bits per heavy atom. The Hall–Kier alpha value is -1.20. The summed E-state index contributed by atoms with van der Waals surface area (Å²) >= 11 is 0. The number of hydrogen-bond acceptors (Lipinski definition) is 5. The Balaban J connectivity index is 1.44. The van der Waals surface area contributed by atoms with E-state index < -0.39 is 0 Å². The van der Waals surface area contributed by atoms with Crippen molar-refractivity contribution < 1.29 is 9.47 Å². The quantitative estimate of drug-likeness (QED) is 0.835. The molecule has 2 saturated heterocycles. The highest BCUT2D eigenvalue weighted by molar-refractivity contribution is 5.38. The summed E-state index contributed by atoms with van der Waals surface area (Å²) in [5.41, 5.74) is 0.130. The number of piperidine rings is 1. The highest BCUT2D eigenvalue weighted by Gasteiger charge is 2.46. The lowest BCUT2D eigenvalue weighted by molar-refractivity contribution is -0.129. The zero-order valence-electron chi connectivity index (χ0n) is 13.8. The summed E-state index contributed by atoms with van der Waals surface area (Å²) in [4.78, 5) is 10.9. The van der Waals surface area contributed by atoms with E-state index in [1.165, 1.54) is 25.7 Å². The second kappa shape index (κ2) is 6.73. The van der Waals surface area contributed by atoms with Gasteiger partial charge < -0.3 is 14.4 Å². The van der Waals surface area contributed by atoms with Gasteiger partial charge in [0, 0.05) is 37.9 Å². The second-order valence-corrected chi connectivity index (χ2v) is 7.42. The van der Waals surface area contributed by atoms with E-state index in [2.05, 4.69) is 14.9 Å². The molecule has 3 fully saturated rings. The minimum Gasteiger partial charge on any atom is -0.380 e. The summed E-state index contributed by atoms with van der Waals surface area (Å²) in [7, 11) is 0. The summed E-state index contributed by atoms with van der Waals surface area (Å²) in [6.45, 7) is 4.66. The van der Waals surface area contributed by atoms with E-state index in [9.17, 15) is 0 Å². The highest BCUT2D eigenvalue weighted by Crippen LogP contribution is 2.41. The number of aromatic nitrogens is 2. The molecule has 3 aliphatic rings. The van der Waals surface area contributed by atoms with Crippen LogP contribution in [0.15, 0.2) is 18.6 Å². The van der Waals surface area contributed by atoms with Crippen molar-refractivity contribution in [2.75, 3.05) is 37.8 Å². The van der Waals surface area contributed by atoms with E-state index in [4.69, 9.17) is 9.47 Å². The topological polar surface area (TPSA) is 47.5 Å². The van der Waals surface area contributed by atoms with Crippen LogP contribution in [0, 0.1) is 11.3 Å². The van der Waals surface area contributed by atoms with Crippen molar-refractivity contribution in [3.05, 3.63) is 18.6 Å². The molecule has 0 aromatic carbocycles. The third-order valence-corrected chi connectivity index (χ3v) is 5.85. The largest absolute Gasteiger partial charge is 0.380 e. The van der Waals surface area contributed by atoms with E-state index in [1.54, 1.807) is 6.33 Å². The molecule has 0 amide bonds. The van der Waals surface area contributed by atoms with Crippen LogP contribution in [0.3, 0.4) is 0 Å². The first-order valence-electron chi connectivity index (χ1n) is 9.06. The van der Waals surface area contributed by atoms with Crippen molar-refractivity contribution >= 4 is 5.82 Å². The van der Waals surface area contributed by atoms with E-state index in [-0.39, 0.29) is 5.41 Å². The molecule has 0 bridgehead atoms. The molecule has 0 unspecified atom stereocenters. The van der Waals surface area contributed by atoms with E-state index >= 15 is 0 Å². The van der Waals surface area contributed by atoms with Crippen molar-refractivity contribution in [2.24, 2.45) is 11.3 Å². The number of fused-ring (bicyclic) bond motifs is 1. The summed E-state index contributed by atoms with van der Waals surface area (Å²) in [6, 6.07) is 2.01.